The van der Waals surface area contributed by atoms with Crippen molar-refractivity contribution in [1.29, 1.82) is 0 Å². The van der Waals surface area contributed by atoms with Crippen LogP contribution in [0.5, 0.6) is 11.5 Å². The van der Waals surface area contributed by atoms with Crippen molar-refractivity contribution < 1.29 is 14.3 Å². The van der Waals surface area contributed by atoms with Gasteiger partial charge < -0.3 is 14.4 Å². The minimum absolute atomic E-state index is 0.00267. The summed E-state index contributed by atoms with van der Waals surface area (Å²) in [5.74, 6) is 1.32. The molecule has 5 heteroatoms. The zero-order valence-corrected chi connectivity index (χ0v) is 22.7. The van der Waals surface area contributed by atoms with E-state index in [1.54, 1.807) is 19.5 Å². The van der Waals surface area contributed by atoms with E-state index >= 15 is 0 Å². The van der Waals surface area contributed by atoms with E-state index in [9.17, 15) is 4.79 Å². The number of aromatic nitrogens is 1. The van der Waals surface area contributed by atoms with Crippen molar-refractivity contribution >= 4 is 5.91 Å². The molecule has 0 radical (unpaired) electrons. The summed E-state index contributed by atoms with van der Waals surface area (Å²) < 4.78 is 11.7. The van der Waals surface area contributed by atoms with Crippen LogP contribution in [0.15, 0.2) is 97.3 Å². The van der Waals surface area contributed by atoms with Crippen molar-refractivity contribution in [2.24, 2.45) is 0 Å². The van der Waals surface area contributed by atoms with Gasteiger partial charge in [0.2, 0.25) is 0 Å². The topological polar surface area (TPSA) is 51.7 Å². The summed E-state index contributed by atoms with van der Waals surface area (Å²) in [5.41, 5.74) is 5.12. The molecule has 0 atom stereocenters. The van der Waals surface area contributed by atoms with Crippen LogP contribution in [0.2, 0.25) is 0 Å². The molecule has 0 unspecified atom stereocenters. The van der Waals surface area contributed by atoms with Gasteiger partial charge in [0.25, 0.3) is 5.91 Å². The van der Waals surface area contributed by atoms with E-state index in [1.807, 2.05) is 77.7 Å². The van der Waals surface area contributed by atoms with Gasteiger partial charge in [-0.1, -0.05) is 69.3 Å². The second-order valence-electron chi connectivity index (χ2n) is 10.4. The van der Waals surface area contributed by atoms with Crippen molar-refractivity contribution in [3.05, 3.63) is 125 Å². The molecule has 0 aliphatic rings. The fourth-order valence-corrected chi connectivity index (χ4v) is 4.25. The van der Waals surface area contributed by atoms with Gasteiger partial charge in [-0.2, -0.15) is 0 Å². The molecule has 0 aliphatic heterocycles. The molecule has 1 amide bonds. The number of ether oxygens (including phenoxy) is 2. The molecule has 0 N–H and O–H groups in total. The Kier molecular flexibility index (Phi) is 8.80. The third-order valence-corrected chi connectivity index (χ3v) is 6.54. The quantitative estimate of drug-likeness (QED) is 0.235. The van der Waals surface area contributed by atoms with Gasteiger partial charge in [-0.25, -0.2) is 0 Å². The summed E-state index contributed by atoms with van der Waals surface area (Å²) >= 11 is 0. The van der Waals surface area contributed by atoms with Gasteiger partial charge in [0.15, 0.2) is 11.5 Å². The van der Waals surface area contributed by atoms with Crippen molar-refractivity contribution in [3.8, 4) is 11.5 Å². The Hall–Kier alpha value is -4.12. The second kappa shape index (κ2) is 12.4. The van der Waals surface area contributed by atoms with E-state index in [0.29, 0.717) is 36.8 Å². The number of amides is 1. The second-order valence-corrected chi connectivity index (χ2v) is 10.4. The first-order valence-electron chi connectivity index (χ1n) is 13.0. The van der Waals surface area contributed by atoms with Gasteiger partial charge in [-0.05, 0) is 70.5 Å². The van der Waals surface area contributed by atoms with Crippen LogP contribution in [0.25, 0.3) is 0 Å². The van der Waals surface area contributed by atoms with Crippen LogP contribution in [0.1, 0.15) is 53.4 Å². The minimum atomic E-state index is 0.00267. The van der Waals surface area contributed by atoms with E-state index in [1.165, 1.54) is 5.56 Å². The van der Waals surface area contributed by atoms with Crippen LogP contribution in [0.4, 0.5) is 0 Å². The summed E-state index contributed by atoms with van der Waals surface area (Å²) in [7, 11) is 1.64. The Balaban J connectivity index is 1.53. The molecule has 1 aromatic heterocycles. The lowest BCUT2D eigenvalue weighted by molar-refractivity contribution is 0.0745. The molecule has 196 valence electrons. The predicted molar refractivity (Wildman–Crippen MR) is 152 cm³/mol. The standard InChI is InChI=1S/C33H36N2O3/c1-33(2,3)29-13-11-28(12-14-29)32(36)35(21-18-25-16-19-34-20-17-25)23-27-10-15-30(31(22-27)37-4)38-24-26-8-6-5-7-9-26/h5-17,19-20,22H,18,21,23-24H2,1-4H3. The van der Waals surface area contributed by atoms with Crippen LogP contribution in [0, 0.1) is 0 Å². The normalized spacial score (nSPS) is 11.2. The highest BCUT2D eigenvalue weighted by Gasteiger charge is 2.19. The van der Waals surface area contributed by atoms with Crippen molar-refractivity contribution in [2.75, 3.05) is 13.7 Å². The van der Waals surface area contributed by atoms with Gasteiger partial charge >= 0.3 is 0 Å². The van der Waals surface area contributed by atoms with Crippen LogP contribution < -0.4 is 9.47 Å². The summed E-state index contributed by atoms with van der Waals surface area (Å²) in [6, 6.07) is 27.8. The summed E-state index contributed by atoms with van der Waals surface area (Å²) in [5, 5.41) is 0. The SMILES string of the molecule is COc1cc(CN(CCc2ccncc2)C(=O)c2ccc(C(C)(C)C)cc2)ccc1OCc1ccccc1. The molecule has 3 aromatic carbocycles. The fourth-order valence-electron chi connectivity index (χ4n) is 4.25. The maximum Gasteiger partial charge on any atom is 0.254 e. The Labute approximate surface area is 226 Å². The molecule has 0 fully saturated rings. The van der Waals surface area contributed by atoms with Crippen LogP contribution in [-0.4, -0.2) is 29.4 Å². The number of rotatable bonds is 10. The Morgan fingerprint density at radius 1 is 0.816 bits per heavy atom. The molecular formula is C33H36N2O3. The van der Waals surface area contributed by atoms with Crippen LogP contribution in [-0.2, 0) is 25.0 Å². The molecular weight excluding hydrogens is 472 g/mol. The number of methoxy groups -OCH3 is 1. The predicted octanol–water partition coefficient (Wildman–Crippen LogP) is 6.85. The number of benzene rings is 3. The molecule has 5 nitrogen and oxygen atoms in total. The third kappa shape index (κ3) is 7.22. The number of hydrogen-bond donors (Lipinski definition) is 0. The Morgan fingerprint density at radius 3 is 2.18 bits per heavy atom. The van der Waals surface area contributed by atoms with Gasteiger partial charge in [-0.3, -0.25) is 9.78 Å². The molecule has 38 heavy (non-hydrogen) atoms. The first kappa shape index (κ1) is 26.9. The van der Waals surface area contributed by atoms with Gasteiger partial charge in [-0.15, -0.1) is 0 Å². The zero-order valence-electron chi connectivity index (χ0n) is 22.7. The lowest BCUT2D eigenvalue weighted by Gasteiger charge is -2.24. The number of hydrogen-bond acceptors (Lipinski definition) is 4. The minimum Gasteiger partial charge on any atom is -0.493 e. The molecule has 0 aliphatic carbocycles. The summed E-state index contributed by atoms with van der Waals surface area (Å²) in [6.07, 6.45) is 4.31. The average Bonchev–Trinajstić information content (AvgIpc) is 2.94. The van der Waals surface area contributed by atoms with Gasteiger partial charge in [0.1, 0.15) is 6.61 Å². The van der Waals surface area contributed by atoms with Crippen molar-refractivity contribution in [1.82, 2.24) is 9.88 Å². The third-order valence-electron chi connectivity index (χ3n) is 6.54. The fraction of sp³-hybridized carbons (Fsp3) is 0.273. The monoisotopic (exact) mass is 508 g/mol. The molecule has 0 spiro atoms. The smallest absolute Gasteiger partial charge is 0.254 e. The number of carbonyl (C=O) groups is 1. The van der Waals surface area contributed by atoms with Gasteiger partial charge in [0, 0.05) is 31.0 Å². The van der Waals surface area contributed by atoms with E-state index in [0.717, 1.165) is 23.1 Å². The molecule has 0 saturated carbocycles. The van der Waals surface area contributed by atoms with Crippen LogP contribution in [0.3, 0.4) is 0 Å². The highest BCUT2D eigenvalue weighted by atomic mass is 16.5. The number of carbonyl (C=O) groups excluding carboxylic acids is 1. The summed E-state index contributed by atoms with van der Waals surface area (Å²) in [4.78, 5) is 19.7. The Bertz CT molecular complexity index is 1310. The molecule has 4 rings (SSSR count). The Morgan fingerprint density at radius 2 is 1.53 bits per heavy atom. The molecule has 0 bridgehead atoms. The highest BCUT2D eigenvalue weighted by molar-refractivity contribution is 5.94. The van der Waals surface area contributed by atoms with E-state index < -0.39 is 0 Å². The first-order valence-corrected chi connectivity index (χ1v) is 13.0. The number of nitrogens with zero attached hydrogens (tertiary/aromatic N) is 2. The van der Waals surface area contributed by atoms with E-state index in [-0.39, 0.29) is 11.3 Å². The lowest BCUT2D eigenvalue weighted by Crippen LogP contribution is -2.32. The summed E-state index contributed by atoms with van der Waals surface area (Å²) in [6.45, 7) is 8.01. The zero-order chi connectivity index (χ0) is 27.0. The first-order chi connectivity index (χ1) is 18.3. The van der Waals surface area contributed by atoms with Crippen molar-refractivity contribution in [3.63, 3.8) is 0 Å². The lowest BCUT2D eigenvalue weighted by atomic mass is 9.86. The maximum atomic E-state index is 13.7. The highest BCUT2D eigenvalue weighted by Crippen LogP contribution is 2.30. The van der Waals surface area contributed by atoms with E-state index in [4.69, 9.17) is 9.47 Å². The molecule has 0 saturated heterocycles. The molecule has 1 heterocycles. The van der Waals surface area contributed by atoms with Gasteiger partial charge in [0.05, 0.1) is 7.11 Å². The van der Waals surface area contributed by atoms with E-state index in [2.05, 4.69) is 37.9 Å². The average molecular weight is 509 g/mol. The van der Waals surface area contributed by atoms with Crippen molar-refractivity contribution in [2.45, 2.75) is 45.8 Å². The number of pyridine rings is 1. The maximum absolute atomic E-state index is 13.7. The largest absolute Gasteiger partial charge is 0.493 e. The van der Waals surface area contributed by atoms with Crippen LogP contribution >= 0.6 is 0 Å². The molecule has 4 aromatic rings.